The summed E-state index contributed by atoms with van der Waals surface area (Å²) in [6.07, 6.45) is 12.1. The Morgan fingerprint density at radius 3 is 2.29 bits per heavy atom. The van der Waals surface area contributed by atoms with Gasteiger partial charge in [0.05, 0.1) is 5.60 Å². The van der Waals surface area contributed by atoms with Crippen LogP contribution in [0.15, 0.2) is 0 Å². The summed E-state index contributed by atoms with van der Waals surface area (Å²) in [5.41, 5.74) is 5.76. The number of rotatable bonds is 5. The standard InChI is InChI=1S/C19H37NO/c1-4-7-16-9-12-18(14-20,13-10-16)19(21)11-6-5-8-17(19)15(2)3/h15-17,21H,4-14,20H2,1-3H3. The third kappa shape index (κ3) is 3.17. The first-order valence-electron chi connectivity index (χ1n) is 9.41. The Morgan fingerprint density at radius 1 is 1.10 bits per heavy atom. The highest BCUT2D eigenvalue weighted by atomic mass is 16.3. The largest absolute Gasteiger partial charge is 0.389 e. The highest BCUT2D eigenvalue weighted by Gasteiger charge is 2.55. The van der Waals surface area contributed by atoms with Gasteiger partial charge >= 0.3 is 0 Å². The molecule has 2 atom stereocenters. The van der Waals surface area contributed by atoms with Gasteiger partial charge in [-0.3, -0.25) is 0 Å². The van der Waals surface area contributed by atoms with E-state index in [0.717, 1.165) is 25.2 Å². The van der Waals surface area contributed by atoms with Gasteiger partial charge in [-0.1, -0.05) is 46.5 Å². The van der Waals surface area contributed by atoms with Gasteiger partial charge in [-0.2, -0.15) is 0 Å². The van der Waals surface area contributed by atoms with Gasteiger partial charge in [0.2, 0.25) is 0 Å². The molecule has 0 radical (unpaired) electrons. The quantitative estimate of drug-likeness (QED) is 0.784. The van der Waals surface area contributed by atoms with Crippen molar-refractivity contribution in [2.45, 2.75) is 90.6 Å². The Balaban J connectivity index is 2.18. The van der Waals surface area contributed by atoms with Crippen molar-refractivity contribution in [1.82, 2.24) is 0 Å². The van der Waals surface area contributed by atoms with Crippen molar-refractivity contribution < 1.29 is 5.11 Å². The molecule has 0 heterocycles. The van der Waals surface area contributed by atoms with Crippen molar-refractivity contribution in [3.8, 4) is 0 Å². The molecule has 2 saturated carbocycles. The lowest BCUT2D eigenvalue weighted by Crippen LogP contribution is -2.60. The van der Waals surface area contributed by atoms with Crippen molar-refractivity contribution in [1.29, 1.82) is 0 Å². The van der Waals surface area contributed by atoms with Gasteiger partial charge in [-0.25, -0.2) is 0 Å². The molecule has 2 fully saturated rings. The number of hydrogen-bond acceptors (Lipinski definition) is 2. The van der Waals surface area contributed by atoms with Crippen molar-refractivity contribution in [3.05, 3.63) is 0 Å². The maximum atomic E-state index is 11.7. The molecular weight excluding hydrogens is 258 g/mol. The van der Waals surface area contributed by atoms with Crippen LogP contribution in [0.5, 0.6) is 0 Å². The van der Waals surface area contributed by atoms with Crippen LogP contribution in [0.25, 0.3) is 0 Å². The Morgan fingerprint density at radius 2 is 1.76 bits per heavy atom. The molecule has 124 valence electrons. The van der Waals surface area contributed by atoms with Crippen LogP contribution < -0.4 is 5.73 Å². The van der Waals surface area contributed by atoms with Gasteiger partial charge in [0.25, 0.3) is 0 Å². The smallest absolute Gasteiger partial charge is 0.0746 e. The summed E-state index contributed by atoms with van der Waals surface area (Å²) in [6, 6.07) is 0. The fraction of sp³-hybridized carbons (Fsp3) is 1.00. The van der Waals surface area contributed by atoms with Crippen LogP contribution in [0.2, 0.25) is 0 Å². The predicted molar refractivity (Wildman–Crippen MR) is 90.1 cm³/mol. The van der Waals surface area contributed by atoms with Gasteiger partial charge in [0.1, 0.15) is 0 Å². The fourth-order valence-electron chi connectivity index (χ4n) is 5.47. The molecule has 2 aliphatic rings. The molecule has 2 unspecified atom stereocenters. The number of hydrogen-bond donors (Lipinski definition) is 2. The molecule has 2 aliphatic carbocycles. The number of aliphatic hydroxyl groups is 1. The molecule has 21 heavy (non-hydrogen) atoms. The second-order valence-electron chi connectivity index (χ2n) is 8.24. The molecule has 2 rings (SSSR count). The highest BCUT2D eigenvalue weighted by Crippen LogP contribution is 2.55. The molecule has 0 aromatic carbocycles. The summed E-state index contributed by atoms with van der Waals surface area (Å²) in [6.45, 7) is 7.53. The zero-order valence-corrected chi connectivity index (χ0v) is 14.5. The molecule has 3 N–H and O–H groups in total. The summed E-state index contributed by atoms with van der Waals surface area (Å²) in [5, 5.41) is 11.7. The Labute approximate surface area is 131 Å². The van der Waals surface area contributed by atoms with E-state index in [1.54, 1.807) is 0 Å². The molecule has 0 aliphatic heterocycles. The fourth-order valence-corrected chi connectivity index (χ4v) is 5.47. The minimum Gasteiger partial charge on any atom is -0.389 e. The molecule has 0 spiro atoms. The Bertz CT molecular complexity index is 320. The molecule has 2 nitrogen and oxygen atoms in total. The van der Waals surface area contributed by atoms with E-state index in [9.17, 15) is 5.11 Å². The van der Waals surface area contributed by atoms with Gasteiger partial charge in [0.15, 0.2) is 0 Å². The van der Waals surface area contributed by atoms with E-state index >= 15 is 0 Å². The van der Waals surface area contributed by atoms with Crippen LogP contribution in [0.4, 0.5) is 0 Å². The molecule has 0 aromatic heterocycles. The SMILES string of the molecule is CCCC1CCC(CN)(C2(O)CCCCC2C(C)C)CC1. The summed E-state index contributed by atoms with van der Waals surface area (Å²) < 4.78 is 0. The minimum absolute atomic E-state index is 0.00734. The highest BCUT2D eigenvalue weighted by molar-refractivity contribution is 5.07. The van der Waals surface area contributed by atoms with Crippen LogP contribution in [-0.2, 0) is 0 Å². The van der Waals surface area contributed by atoms with Gasteiger partial charge in [-0.05, 0) is 56.3 Å². The average Bonchev–Trinajstić information content (AvgIpc) is 2.48. The topological polar surface area (TPSA) is 46.2 Å². The van der Waals surface area contributed by atoms with E-state index in [-0.39, 0.29) is 5.41 Å². The zero-order valence-electron chi connectivity index (χ0n) is 14.5. The van der Waals surface area contributed by atoms with Crippen molar-refractivity contribution in [2.75, 3.05) is 6.54 Å². The Kier molecular flexibility index (Phi) is 5.76. The minimum atomic E-state index is -0.509. The molecule has 0 bridgehead atoms. The predicted octanol–water partition coefficient (Wildman–Crippen LogP) is 4.50. The van der Waals surface area contributed by atoms with Crippen molar-refractivity contribution >= 4 is 0 Å². The first kappa shape index (κ1) is 17.3. The van der Waals surface area contributed by atoms with E-state index < -0.39 is 5.60 Å². The van der Waals surface area contributed by atoms with Crippen LogP contribution in [0.1, 0.15) is 85.0 Å². The molecule has 0 amide bonds. The monoisotopic (exact) mass is 295 g/mol. The van der Waals surface area contributed by atoms with Gasteiger partial charge in [-0.15, -0.1) is 0 Å². The van der Waals surface area contributed by atoms with E-state index in [1.807, 2.05) is 0 Å². The lowest BCUT2D eigenvalue weighted by atomic mass is 9.52. The van der Waals surface area contributed by atoms with Gasteiger partial charge < -0.3 is 10.8 Å². The normalized spacial score (nSPS) is 41.4. The van der Waals surface area contributed by atoms with E-state index in [0.29, 0.717) is 18.4 Å². The van der Waals surface area contributed by atoms with Crippen molar-refractivity contribution in [3.63, 3.8) is 0 Å². The zero-order chi connectivity index (χ0) is 15.5. The third-order valence-corrected chi connectivity index (χ3v) is 6.81. The second kappa shape index (κ2) is 7.00. The lowest BCUT2D eigenvalue weighted by molar-refractivity contribution is -0.172. The summed E-state index contributed by atoms with van der Waals surface area (Å²) in [5.74, 6) is 1.88. The summed E-state index contributed by atoms with van der Waals surface area (Å²) in [7, 11) is 0. The first-order chi connectivity index (χ1) is 9.99. The van der Waals surface area contributed by atoms with Crippen molar-refractivity contribution in [2.24, 2.45) is 28.9 Å². The Hall–Kier alpha value is -0.0800. The summed E-state index contributed by atoms with van der Waals surface area (Å²) in [4.78, 5) is 0. The van der Waals surface area contributed by atoms with Crippen LogP contribution in [0.3, 0.4) is 0 Å². The van der Waals surface area contributed by atoms with E-state index in [1.165, 1.54) is 44.9 Å². The van der Waals surface area contributed by atoms with E-state index in [2.05, 4.69) is 20.8 Å². The molecule has 2 heteroatoms. The maximum absolute atomic E-state index is 11.7. The molecular formula is C19H37NO. The van der Waals surface area contributed by atoms with E-state index in [4.69, 9.17) is 5.73 Å². The van der Waals surface area contributed by atoms with Crippen LogP contribution in [0, 0.1) is 23.2 Å². The molecule has 0 saturated heterocycles. The summed E-state index contributed by atoms with van der Waals surface area (Å²) >= 11 is 0. The second-order valence-corrected chi connectivity index (χ2v) is 8.24. The number of nitrogens with two attached hydrogens (primary N) is 1. The third-order valence-electron chi connectivity index (χ3n) is 6.81. The molecule has 0 aromatic rings. The maximum Gasteiger partial charge on any atom is 0.0746 e. The lowest BCUT2D eigenvalue weighted by Gasteiger charge is -2.57. The average molecular weight is 296 g/mol. The van der Waals surface area contributed by atoms with Crippen LogP contribution in [-0.4, -0.2) is 17.3 Å². The first-order valence-corrected chi connectivity index (χ1v) is 9.41. The van der Waals surface area contributed by atoms with Gasteiger partial charge in [0, 0.05) is 12.0 Å². The van der Waals surface area contributed by atoms with Crippen LogP contribution >= 0.6 is 0 Å².